The Hall–Kier alpha value is -2.22. The summed E-state index contributed by atoms with van der Waals surface area (Å²) >= 11 is 1.31. The second-order valence-electron chi connectivity index (χ2n) is 4.13. The first-order chi connectivity index (χ1) is 9.79. The van der Waals surface area contributed by atoms with Gasteiger partial charge in [0.15, 0.2) is 5.78 Å². The molecule has 0 radical (unpaired) electrons. The van der Waals surface area contributed by atoms with Gasteiger partial charge in [0.05, 0.1) is 17.6 Å². The highest BCUT2D eigenvalue weighted by Crippen LogP contribution is 2.30. The molecule has 0 amide bonds. The third kappa shape index (κ3) is 3.46. The Morgan fingerprint density at radius 2 is 2.00 bits per heavy atom. The van der Waals surface area contributed by atoms with Gasteiger partial charge in [-0.25, -0.2) is 4.98 Å². The zero-order valence-corrected chi connectivity index (χ0v) is 11.2. The van der Waals surface area contributed by atoms with Crippen molar-refractivity contribution in [2.24, 2.45) is 0 Å². The lowest BCUT2D eigenvalue weighted by Crippen LogP contribution is -2.25. The number of Topliss-reactive ketones (excluding diaryl/α,β-unsaturated/α-hetero) is 2. The molecule has 1 N–H and O–H groups in total. The number of aromatic hydroxyl groups is 1. The van der Waals surface area contributed by atoms with E-state index in [0.29, 0.717) is 11.3 Å². The van der Waals surface area contributed by atoms with E-state index in [1.165, 1.54) is 23.5 Å². The highest BCUT2D eigenvalue weighted by Gasteiger charge is 2.39. The van der Waals surface area contributed by atoms with Crippen LogP contribution in [0.4, 0.5) is 13.2 Å². The predicted molar refractivity (Wildman–Crippen MR) is 69.2 cm³/mol. The molecule has 1 aromatic heterocycles. The van der Waals surface area contributed by atoms with Crippen LogP contribution in [-0.2, 0) is 4.79 Å². The fraction of sp³-hybridized carbons (Fsp3) is 0.154. The first-order valence-corrected chi connectivity index (χ1v) is 6.58. The van der Waals surface area contributed by atoms with Crippen LogP contribution in [0, 0.1) is 0 Å². The van der Waals surface area contributed by atoms with Gasteiger partial charge in [-0.3, -0.25) is 9.59 Å². The molecule has 0 aliphatic rings. The maximum absolute atomic E-state index is 12.1. The van der Waals surface area contributed by atoms with E-state index < -0.39 is 24.2 Å². The highest BCUT2D eigenvalue weighted by atomic mass is 32.1. The summed E-state index contributed by atoms with van der Waals surface area (Å²) < 4.78 is 36.3. The molecule has 1 aromatic carbocycles. The van der Waals surface area contributed by atoms with Crippen LogP contribution in [0.15, 0.2) is 29.1 Å². The SMILES string of the molecule is O=C(CC(=O)C(F)(F)F)c1ccc(-c2cscn2)c(O)c1. The first kappa shape index (κ1) is 15.2. The average molecular weight is 315 g/mol. The van der Waals surface area contributed by atoms with E-state index in [9.17, 15) is 27.9 Å². The smallest absolute Gasteiger partial charge is 0.450 e. The van der Waals surface area contributed by atoms with Gasteiger partial charge >= 0.3 is 6.18 Å². The summed E-state index contributed by atoms with van der Waals surface area (Å²) in [6.07, 6.45) is -6.32. The molecule has 1 heterocycles. The molecule has 4 nitrogen and oxygen atoms in total. The predicted octanol–water partition coefficient (Wildman–Crippen LogP) is 3.22. The van der Waals surface area contributed by atoms with E-state index >= 15 is 0 Å². The summed E-state index contributed by atoms with van der Waals surface area (Å²) in [5, 5.41) is 11.5. The van der Waals surface area contributed by atoms with Gasteiger partial charge in [-0.2, -0.15) is 13.2 Å². The summed E-state index contributed by atoms with van der Waals surface area (Å²) in [7, 11) is 0. The minimum atomic E-state index is -5.04. The van der Waals surface area contributed by atoms with Crippen LogP contribution in [0.25, 0.3) is 11.3 Å². The number of aromatic nitrogens is 1. The fourth-order valence-corrected chi connectivity index (χ4v) is 2.17. The van der Waals surface area contributed by atoms with Gasteiger partial charge < -0.3 is 5.11 Å². The number of rotatable bonds is 4. The fourth-order valence-electron chi connectivity index (χ4n) is 1.62. The molecular weight excluding hydrogens is 307 g/mol. The molecule has 0 atom stereocenters. The van der Waals surface area contributed by atoms with Crippen molar-refractivity contribution in [3.05, 3.63) is 34.7 Å². The average Bonchev–Trinajstić information content (AvgIpc) is 2.91. The van der Waals surface area contributed by atoms with Crippen molar-refractivity contribution in [1.29, 1.82) is 0 Å². The van der Waals surface area contributed by atoms with Gasteiger partial charge in [0.25, 0.3) is 0 Å². The number of carbonyl (C=O) groups is 2. The van der Waals surface area contributed by atoms with Crippen molar-refractivity contribution in [3.63, 3.8) is 0 Å². The maximum atomic E-state index is 12.1. The molecule has 2 aromatic rings. The van der Waals surface area contributed by atoms with Gasteiger partial charge in [-0.15, -0.1) is 11.3 Å². The van der Waals surface area contributed by atoms with Crippen LogP contribution in [0.3, 0.4) is 0 Å². The maximum Gasteiger partial charge on any atom is 0.450 e. The number of halogens is 3. The molecule has 0 unspecified atom stereocenters. The number of ketones is 2. The first-order valence-electron chi connectivity index (χ1n) is 5.64. The molecule has 0 aliphatic carbocycles. The second-order valence-corrected chi connectivity index (χ2v) is 4.85. The number of nitrogens with zero attached hydrogens (tertiary/aromatic N) is 1. The lowest BCUT2D eigenvalue weighted by Gasteiger charge is -2.06. The molecule has 110 valence electrons. The molecule has 2 rings (SSSR count). The van der Waals surface area contributed by atoms with E-state index in [1.54, 1.807) is 10.9 Å². The van der Waals surface area contributed by atoms with E-state index in [0.717, 1.165) is 6.07 Å². The van der Waals surface area contributed by atoms with E-state index in [-0.39, 0.29) is 11.3 Å². The van der Waals surface area contributed by atoms with Crippen LogP contribution in [0.5, 0.6) is 5.75 Å². The van der Waals surface area contributed by atoms with Crippen molar-refractivity contribution in [2.45, 2.75) is 12.6 Å². The number of benzene rings is 1. The Kier molecular flexibility index (Phi) is 4.08. The quantitative estimate of drug-likeness (QED) is 0.695. The minimum Gasteiger partial charge on any atom is -0.507 e. The van der Waals surface area contributed by atoms with Crippen LogP contribution in [0.2, 0.25) is 0 Å². The molecule has 0 bridgehead atoms. The van der Waals surface area contributed by atoms with Crippen LogP contribution in [0.1, 0.15) is 16.8 Å². The summed E-state index contributed by atoms with van der Waals surface area (Å²) in [6, 6.07) is 3.65. The van der Waals surface area contributed by atoms with Crippen molar-refractivity contribution in [2.75, 3.05) is 0 Å². The minimum absolute atomic E-state index is 0.163. The number of thiazole rings is 1. The Morgan fingerprint density at radius 1 is 1.29 bits per heavy atom. The van der Waals surface area contributed by atoms with Gasteiger partial charge in [0, 0.05) is 16.5 Å². The molecule has 0 aliphatic heterocycles. The van der Waals surface area contributed by atoms with Crippen LogP contribution < -0.4 is 0 Å². The van der Waals surface area contributed by atoms with Gasteiger partial charge in [-0.05, 0) is 12.1 Å². The van der Waals surface area contributed by atoms with Crippen LogP contribution in [-0.4, -0.2) is 27.8 Å². The number of carbonyl (C=O) groups excluding carboxylic acids is 2. The van der Waals surface area contributed by atoms with Crippen molar-refractivity contribution in [1.82, 2.24) is 4.98 Å². The lowest BCUT2D eigenvalue weighted by atomic mass is 10.0. The molecule has 0 saturated heterocycles. The Labute approximate surface area is 120 Å². The standard InChI is InChI=1S/C13H8F3NO3S/c14-13(15,16)12(20)4-10(18)7-1-2-8(11(19)3-7)9-5-21-6-17-9/h1-3,5-6,19H,4H2. The monoisotopic (exact) mass is 315 g/mol. The zero-order valence-electron chi connectivity index (χ0n) is 10.3. The molecule has 8 heteroatoms. The van der Waals surface area contributed by atoms with Gasteiger partial charge in [0.2, 0.25) is 5.78 Å². The zero-order chi connectivity index (χ0) is 15.6. The summed E-state index contributed by atoms with van der Waals surface area (Å²) in [5.41, 5.74) is 2.23. The molecule has 21 heavy (non-hydrogen) atoms. The van der Waals surface area contributed by atoms with Crippen molar-refractivity contribution in [3.8, 4) is 17.0 Å². The topological polar surface area (TPSA) is 67.3 Å². The number of hydrogen-bond donors (Lipinski definition) is 1. The Morgan fingerprint density at radius 3 is 2.52 bits per heavy atom. The molecule has 0 saturated carbocycles. The number of hydrogen-bond acceptors (Lipinski definition) is 5. The number of alkyl halides is 3. The van der Waals surface area contributed by atoms with E-state index in [1.807, 2.05) is 0 Å². The highest BCUT2D eigenvalue weighted by molar-refractivity contribution is 7.07. The Bertz CT molecular complexity index is 680. The summed E-state index contributed by atoms with van der Waals surface area (Å²) in [4.78, 5) is 26.3. The largest absolute Gasteiger partial charge is 0.507 e. The van der Waals surface area contributed by atoms with E-state index in [2.05, 4.69) is 4.98 Å². The van der Waals surface area contributed by atoms with E-state index in [4.69, 9.17) is 0 Å². The second kappa shape index (κ2) is 5.65. The number of phenolic OH excluding ortho intramolecular Hbond substituents is 1. The van der Waals surface area contributed by atoms with Gasteiger partial charge in [-0.1, -0.05) is 6.07 Å². The molecule has 0 spiro atoms. The summed E-state index contributed by atoms with van der Waals surface area (Å²) in [5.74, 6) is -3.40. The van der Waals surface area contributed by atoms with Gasteiger partial charge in [0.1, 0.15) is 5.75 Å². The Balaban J connectivity index is 2.21. The van der Waals surface area contributed by atoms with Crippen LogP contribution >= 0.6 is 11.3 Å². The van der Waals surface area contributed by atoms with Crippen molar-refractivity contribution < 1.29 is 27.9 Å². The third-order valence-corrected chi connectivity index (χ3v) is 3.25. The summed E-state index contributed by atoms with van der Waals surface area (Å²) in [6.45, 7) is 0. The number of phenols is 1. The molecular formula is C13H8F3NO3S. The third-order valence-electron chi connectivity index (χ3n) is 2.67. The lowest BCUT2D eigenvalue weighted by molar-refractivity contribution is -0.170. The van der Waals surface area contributed by atoms with Crippen molar-refractivity contribution >= 4 is 22.9 Å². The normalized spacial score (nSPS) is 11.4. The molecule has 0 fully saturated rings.